The highest BCUT2D eigenvalue weighted by molar-refractivity contribution is 5.92. The van der Waals surface area contributed by atoms with Crippen LogP contribution in [-0.2, 0) is 6.54 Å². The quantitative estimate of drug-likeness (QED) is 0.467. The zero-order valence-corrected chi connectivity index (χ0v) is 17.8. The Hall–Kier alpha value is -3.95. The first-order chi connectivity index (χ1) is 16.0. The second-order valence-corrected chi connectivity index (χ2v) is 8.11. The largest absolute Gasteiger partial charge is 0.364 e. The van der Waals surface area contributed by atoms with E-state index in [-0.39, 0.29) is 24.5 Å². The first kappa shape index (κ1) is 20.9. The van der Waals surface area contributed by atoms with Crippen LogP contribution in [0, 0.1) is 18.6 Å². The molecule has 0 aliphatic heterocycles. The predicted molar refractivity (Wildman–Crippen MR) is 118 cm³/mol. The number of pyridine rings is 1. The molecule has 168 valence electrons. The summed E-state index contributed by atoms with van der Waals surface area (Å²) in [5, 5.41) is 6.14. The van der Waals surface area contributed by atoms with Crippen molar-refractivity contribution < 1.29 is 13.6 Å². The van der Waals surface area contributed by atoms with E-state index in [4.69, 9.17) is 0 Å². The van der Waals surface area contributed by atoms with Gasteiger partial charge in [-0.3, -0.25) is 4.79 Å². The van der Waals surface area contributed by atoms with Crippen molar-refractivity contribution in [2.45, 2.75) is 38.4 Å². The molecular weight excluding hydrogens is 428 g/mol. The monoisotopic (exact) mass is 449 g/mol. The summed E-state index contributed by atoms with van der Waals surface area (Å²) in [6.07, 6.45) is 4.66. The van der Waals surface area contributed by atoms with Gasteiger partial charge < -0.3 is 15.2 Å². The van der Waals surface area contributed by atoms with E-state index in [0.717, 1.165) is 30.7 Å². The topological polar surface area (TPSA) is 97.6 Å². The van der Waals surface area contributed by atoms with Gasteiger partial charge in [0, 0.05) is 24.3 Å². The van der Waals surface area contributed by atoms with Gasteiger partial charge in [0.2, 0.25) is 0 Å². The molecule has 0 saturated heterocycles. The number of carbonyl (C=O) groups excluding carboxylic acids is 1. The van der Waals surface area contributed by atoms with E-state index in [9.17, 15) is 13.6 Å². The first-order valence-electron chi connectivity index (χ1n) is 10.6. The Kier molecular flexibility index (Phi) is 5.41. The highest BCUT2D eigenvalue weighted by Crippen LogP contribution is 2.35. The van der Waals surface area contributed by atoms with Crippen LogP contribution in [0.15, 0.2) is 49.1 Å². The number of amides is 1. The van der Waals surface area contributed by atoms with Gasteiger partial charge in [-0.05, 0) is 49.6 Å². The number of fused-ring (bicyclic) bond motifs is 1. The molecule has 8 nitrogen and oxygen atoms in total. The van der Waals surface area contributed by atoms with Crippen LogP contribution in [0.4, 0.5) is 14.6 Å². The van der Waals surface area contributed by atoms with Gasteiger partial charge >= 0.3 is 0 Å². The van der Waals surface area contributed by atoms with E-state index < -0.39 is 11.6 Å². The first-order valence-corrected chi connectivity index (χ1v) is 10.6. The number of halogens is 2. The molecule has 1 fully saturated rings. The number of benzene rings is 1. The summed E-state index contributed by atoms with van der Waals surface area (Å²) in [4.78, 5) is 29.7. The molecule has 1 saturated carbocycles. The molecule has 1 aliphatic carbocycles. The third-order valence-corrected chi connectivity index (χ3v) is 5.77. The molecule has 0 bridgehead atoms. The minimum atomic E-state index is -0.892. The summed E-state index contributed by atoms with van der Waals surface area (Å²) in [6, 6.07) is 9.33. The molecule has 0 spiro atoms. The van der Waals surface area contributed by atoms with Gasteiger partial charge in [0.1, 0.15) is 17.5 Å². The van der Waals surface area contributed by atoms with E-state index in [1.165, 1.54) is 12.4 Å². The minimum absolute atomic E-state index is 0.0510. The van der Waals surface area contributed by atoms with E-state index in [1.54, 1.807) is 12.4 Å². The van der Waals surface area contributed by atoms with Gasteiger partial charge in [0.25, 0.3) is 5.91 Å². The highest BCUT2D eigenvalue weighted by atomic mass is 19.2. The Morgan fingerprint density at radius 3 is 2.76 bits per heavy atom. The van der Waals surface area contributed by atoms with Crippen molar-refractivity contribution in [1.82, 2.24) is 29.8 Å². The van der Waals surface area contributed by atoms with Gasteiger partial charge in [-0.2, -0.15) is 0 Å². The summed E-state index contributed by atoms with van der Waals surface area (Å²) in [6.45, 7) is 2.12. The summed E-state index contributed by atoms with van der Waals surface area (Å²) in [7, 11) is 0. The molecule has 4 aromatic rings. The van der Waals surface area contributed by atoms with Crippen LogP contribution in [0.25, 0.3) is 11.2 Å². The number of nitrogens with zero attached hydrogens (tertiary/aromatic N) is 5. The second-order valence-electron chi connectivity index (χ2n) is 8.11. The van der Waals surface area contributed by atoms with Crippen molar-refractivity contribution in [1.29, 1.82) is 0 Å². The number of nitrogens with one attached hydrogen (secondary N) is 2. The van der Waals surface area contributed by atoms with Crippen molar-refractivity contribution in [3.8, 4) is 0 Å². The Labute approximate surface area is 188 Å². The van der Waals surface area contributed by atoms with Crippen LogP contribution in [0.5, 0.6) is 0 Å². The Balaban J connectivity index is 1.24. The predicted octanol–water partition coefficient (Wildman–Crippen LogP) is 3.55. The molecule has 3 aromatic heterocycles. The number of anilines is 1. The fourth-order valence-electron chi connectivity index (χ4n) is 3.95. The van der Waals surface area contributed by atoms with E-state index in [1.807, 2.05) is 23.6 Å². The number of aryl methyl sites for hydroxylation is 1. The Morgan fingerprint density at radius 2 is 1.97 bits per heavy atom. The fourth-order valence-corrected chi connectivity index (χ4v) is 3.95. The molecule has 0 atom stereocenters. The summed E-state index contributed by atoms with van der Waals surface area (Å²) < 4.78 is 28.6. The Bertz CT molecular complexity index is 1330. The lowest BCUT2D eigenvalue weighted by molar-refractivity contribution is 0.0889. The lowest BCUT2D eigenvalue weighted by Gasteiger charge is -2.36. The lowest BCUT2D eigenvalue weighted by Crippen LogP contribution is -2.45. The van der Waals surface area contributed by atoms with Gasteiger partial charge in [-0.25, -0.2) is 28.7 Å². The summed E-state index contributed by atoms with van der Waals surface area (Å²) >= 11 is 0. The maximum absolute atomic E-state index is 13.4. The van der Waals surface area contributed by atoms with Crippen molar-refractivity contribution >= 4 is 22.9 Å². The number of rotatable bonds is 6. The second kappa shape index (κ2) is 8.53. The van der Waals surface area contributed by atoms with Crippen molar-refractivity contribution in [2.24, 2.45) is 0 Å². The van der Waals surface area contributed by atoms with Gasteiger partial charge in [-0.1, -0.05) is 12.1 Å². The zero-order chi connectivity index (χ0) is 22.9. The maximum atomic E-state index is 13.4. The van der Waals surface area contributed by atoms with Crippen molar-refractivity contribution in [3.05, 3.63) is 77.6 Å². The third-order valence-electron chi connectivity index (χ3n) is 5.77. The van der Waals surface area contributed by atoms with Gasteiger partial charge in [0.05, 0.1) is 6.33 Å². The third kappa shape index (κ3) is 4.23. The molecule has 10 heteroatoms. The average molecular weight is 449 g/mol. The number of aromatic nitrogens is 5. The highest BCUT2D eigenvalue weighted by Gasteiger charge is 2.33. The van der Waals surface area contributed by atoms with Crippen molar-refractivity contribution in [2.75, 3.05) is 5.32 Å². The molecule has 1 amide bonds. The molecule has 0 unspecified atom stereocenters. The number of hydrogen-bond donors (Lipinski definition) is 2. The van der Waals surface area contributed by atoms with Gasteiger partial charge in [-0.15, -0.1) is 0 Å². The summed E-state index contributed by atoms with van der Waals surface area (Å²) in [5.41, 5.74) is 3.06. The van der Waals surface area contributed by atoms with Gasteiger partial charge in [0.15, 0.2) is 23.1 Å². The SMILES string of the molecule is Cc1cccc(C(=O)NC2CC(n3cnc4c(NCc5ccc(F)c(F)c5)ncnc43)C2)n1. The Morgan fingerprint density at radius 1 is 1.12 bits per heavy atom. The van der Waals surface area contributed by atoms with Crippen LogP contribution in [0.2, 0.25) is 0 Å². The van der Waals surface area contributed by atoms with Crippen LogP contribution in [0.3, 0.4) is 0 Å². The lowest BCUT2D eigenvalue weighted by atomic mass is 9.86. The number of imidazole rings is 1. The van der Waals surface area contributed by atoms with E-state index in [0.29, 0.717) is 28.2 Å². The maximum Gasteiger partial charge on any atom is 0.270 e. The van der Waals surface area contributed by atoms with Crippen LogP contribution in [0.1, 0.15) is 40.6 Å². The molecule has 5 rings (SSSR count). The minimum Gasteiger partial charge on any atom is -0.364 e. The average Bonchev–Trinajstić information content (AvgIpc) is 3.21. The van der Waals surface area contributed by atoms with Crippen LogP contribution >= 0.6 is 0 Å². The molecule has 2 N–H and O–H groups in total. The standard InChI is InChI=1S/C23H21F2N7O/c1-13-3-2-4-19(30-13)23(33)31-15-8-16(9-15)32-12-29-20-21(27-11-28-22(20)32)26-10-14-5-6-17(24)18(25)7-14/h2-7,11-12,15-16H,8-10H2,1H3,(H,31,33)(H,26,27,28). The fraction of sp³-hybridized carbons (Fsp3) is 0.261. The molecule has 3 heterocycles. The molecule has 1 aliphatic rings. The molecular formula is C23H21F2N7O. The van der Waals surface area contributed by atoms with Crippen LogP contribution in [-0.4, -0.2) is 36.5 Å². The van der Waals surface area contributed by atoms with Crippen molar-refractivity contribution in [3.63, 3.8) is 0 Å². The van der Waals surface area contributed by atoms with E-state index >= 15 is 0 Å². The summed E-state index contributed by atoms with van der Waals surface area (Å²) in [5.74, 6) is -1.44. The van der Waals surface area contributed by atoms with E-state index in [2.05, 4.69) is 30.6 Å². The molecule has 0 radical (unpaired) electrons. The normalized spacial score (nSPS) is 17.5. The molecule has 1 aromatic carbocycles. The van der Waals surface area contributed by atoms with Crippen LogP contribution < -0.4 is 10.6 Å². The zero-order valence-electron chi connectivity index (χ0n) is 17.8. The number of hydrogen-bond acceptors (Lipinski definition) is 6. The number of carbonyl (C=O) groups is 1. The molecule has 33 heavy (non-hydrogen) atoms. The smallest absolute Gasteiger partial charge is 0.270 e.